The van der Waals surface area contributed by atoms with Gasteiger partial charge < -0.3 is 5.73 Å². The summed E-state index contributed by atoms with van der Waals surface area (Å²) in [5, 5.41) is 1.60. The van der Waals surface area contributed by atoms with Gasteiger partial charge in [-0.25, -0.2) is 0 Å². The second kappa shape index (κ2) is 4.25. The molecule has 0 saturated carbocycles. The molecule has 1 aromatic heterocycles. The average molecular weight is 238 g/mol. The molecule has 0 saturated heterocycles. The Labute approximate surface area is 98.5 Å². The van der Waals surface area contributed by atoms with Crippen LogP contribution < -0.4 is 5.73 Å². The number of hydrogen-bond acceptors (Lipinski definition) is 2. The Kier molecular flexibility index (Phi) is 2.98. The van der Waals surface area contributed by atoms with E-state index in [1.165, 1.54) is 4.88 Å². The van der Waals surface area contributed by atoms with Crippen LogP contribution in [0.25, 0.3) is 11.1 Å². The fourth-order valence-corrected chi connectivity index (χ4v) is 2.64. The summed E-state index contributed by atoms with van der Waals surface area (Å²) in [5.74, 6) is 0. The maximum atomic E-state index is 6.13. The van der Waals surface area contributed by atoms with Gasteiger partial charge in [0.25, 0.3) is 0 Å². The first-order valence-corrected chi connectivity index (χ1v) is 6.05. The average Bonchev–Trinajstić information content (AvgIpc) is 2.60. The van der Waals surface area contributed by atoms with Crippen LogP contribution in [0.15, 0.2) is 30.3 Å². The van der Waals surface area contributed by atoms with E-state index in [0.717, 1.165) is 27.6 Å². The molecule has 0 radical (unpaired) electrons. The second-order valence-electron chi connectivity index (χ2n) is 3.32. The summed E-state index contributed by atoms with van der Waals surface area (Å²) in [6.45, 7) is 2.13. The SMILES string of the molecule is CCc1cc(-c2ccccc2Cl)c(N)s1. The fourth-order valence-electron chi connectivity index (χ4n) is 1.52. The van der Waals surface area contributed by atoms with Crippen molar-refractivity contribution in [1.82, 2.24) is 0 Å². The third-order valence-electron chi connectivity index (χ3n) is 2.32. The Morgan fingerprint density at radius 1 is 1.27 bits per heavy atom. The molecule has 0 aliphatic carbocycles. The summed E-state index contributed by atoms with van der Waals surface area (Å²) >= 11 is 7.77. The van der Waals surface area contributed by atoms with Crippen molar-refractivity contribution in [3.8, 4) is 11.1 Å². The first kappa shape index (κ1) is 10.5. The molecule has 1 aromatic carbocycles. The van der Waals surface area contributed by atoms with Crippen LogP contribution in [0.1, 0.15) is 11.8 Å². The van der Waals surface area contributed by atoms with E-state index in [2.05, 4.69) is 13.0 Å². The minimum Gasteiger partial charge on any atom is -0.390 e. The van der Waals surface area contributed by atoms with Crippen LogP contribution in [0.5, 0.6) is 0 Å². The molecule has 78 valence electrons. The number of halogens is 1. The van der Waals surface area contributed by atoms with E-state index in [1.807, 2.05) is 24.3 Å². The minimum absolute atomic E-state index is 0.754. The largest absolute Gasteiger partial charge is 0.390 e. The van der Waals surface area contributed by atoms with E-state index in [1.54, 1.807) is 11.3 Å². The van der Waals surface area contributed by atoms with Crippen molar-refractivity contribution in [2.75, 3.05) is 5.73 Å². The van der Waals surface area contributed by atoms with Gasteiger partial charge in [-0.1, -0.05) is 36.7 Å². The van der Waals surface area contributed by atoms with Gasteiger partial charge in [-0.2, -0.15) is 0 Å². The molecule has 2 aromatic rings. The molecule has 2 N–H and O–H groups in total. The first-order valence-electron chi connectivity index (χ1n) is 4.85. The normalized spacial score (nSPS) is 10.5. The maximum absolute atomic E-state index is 6.13. The molecule has 0 aliphatic rings. The molecular weight excluding hydrogens is 226 g/mol. The van der Waals surface area contributed by atoms with Crippen molar-refractivity contribution < 1.29 is 0 Å². The van der Waals surface area contributed by atoms with E-state index in [4.69, 9.17) is 17.3 Å². The Morgan fingerprint density at radius 3 is 2.60 bits per heavy atom. The third kappa shape index (κ3) is 2.01. The molecule has 1 nitrogen and oxygen atoms in total. The standard InChI is InChI=1S/C12H12ClNS/c1-2-8-7-10(12(14)15-8)9-5-3-4-6-11(9)13/h3-7H,2,14H2,1H3. The molecule has 0 amide bonds. The molecule has 2 rings (SSSR count). The number of hydrogen-bond donors (Lipinski definition) is 1. The van der Waals surface area contributed by atoms with Crippen LogP contribution in [0.2, 0.25) is 5.02 Å². The van der Waals surface area contributed by atoms with Crippen LogP contribution in [0.3, 0.4) is 0 Å². The molecule has 3 heteroatoms. The number of anilines is 1. The summed E-state index contributed by atoms with van der Waals surface area (Å²) in [4.78, 5) is 1.29. The topological polar surface area (TPSA) is 26.0 Å². The lowest BCUT2D eigenvalue weighted by Crippen LogP contribution is -1.83. The van der Waals surface area contributed by atoms with Crippen molar-refractivity contribution in [3.63, 3.8) is 0 Å². The van der Waals surface area contributed by atoms with Crippen LogP contribution in [0, 0.1) is 0 Å². The molecule has 0 fully saturated rings. The zero-order valence-electron chi connectivity index (χ0n) is 8.46. The highest BCUT2D eigenvalue weighted by molar-refractivity contribution is 7.16. The van der Waals surface area contributed by atoms with Gasteiger partial charge in [-0.3, -0.25) is 0 Å². The lowest BCUT2D eigenvalue weighted by molar-refractivity contribution is 1.19. The first-order chi connectivity index (χ1) is 7.22. The minimum atomic E-state index is 0.754. The number of aryl methyl sites for hydroxylation is 1. The summed E-state index contributed by atoms with van der Waals surface area (Å²) < 4.78 is 0. The Morgan fingerprint density at radius 2 is 2.00 bits per heavy atom. The quantitative estimate of drug-likeness (QED) is 0.832. The van der Waals surface area contributed by atoms with Crippen molar-refractivity contribution in [1.29, 1.82) is 0 Å². The lowest BCUT2D eigenvalue weighted by atomic mass is 10.1. The highest BCUT2D eigenvalue weighted by Crippen LogP contribution is 2.37. The molecule has 1 heterocycles. The van der Waals surface area contributed by atoms with E-state index in [9.17, 15) is 0 Å². The Bertz CT molecular complexity index is 476. The second-order valence-corrected chi connectivity index (χ2v) is 4.90. The number of benzene rings is 1. The van der Waals surface area contributed by atoms with E-state index in [-0.39, 0.29) is 0 Å². The number of nitrogens with two attached hydrogens (primary N) is 1. The Balaban J connectivity index is 2.54. The maximum Gasteiger partial charge on any atom is 0.0939 e. The molecule has 0 atom stereocenters. The molecule has 0 spiro atoms. The van der Waals surface area contributed by atoms with E-state index >= 15 is 0 Å². The van der Waals surface area contributed by atoms with E-state index in [0.29, 0.717) is 0 Å². The number of rotatable bonds is 2. The van der Waals surface area contributed by atoms with Crippen LogP contribution >= 0.6 is 22.9 Å². The predicted octanol–water partition coefficient (Wildman–Crippen LogP) is 4.21. The number of nitrogen functional groups attached to an aromatic ring is 1. The van der Waals surface area contributed by atoms with Crippen LogP contribution in [-0.2, 0) is 6.42 Å². The Hall–Kier alpha value is -0.990. The van der Waals surface area contributed by atoms with Gasteiger partial charge in [0.2, 0.25) is 0 Å². The van der Waals surface area contributed by atoms with Gasteiger partial charge in [0.05, 0.1) is 5.00 Å². The van der Waals surface area contributed by atoms with Gasteiger partial charge in [-0.15, -0.1) is 11.3 Å². The number of thiophene rings is 1. The molecular formula is C12H12ClNS. The molecule has 0 bridgehead atoms. The van der Waals surface area contributed by atoms with Crippen molar-refractivity contribution in [2.45, 2.75) is 13.3 Å². The van der Waals surface area contributed by atoms with Gasteiger partial charge in [0, 0.05) is 21.0 Å². The highest BCUT2D eigenvalue weighted by Gasteiger charge is 2.09. The van der Waals surface area contributed by atoms with Gasteiger partial charge in [0.15, 0.2) is 0 Å². The monoisotopic (exact) mass is 237 g/mol. The van der Waals surface area contributed by atoms with Crippen LogP contribution in [-0.4, -0.2) is 0 Å². The van der Waals surface area contributed by atoms with Crippen molar-refractivity contribution in [3.05, 3.63) is 40.2 Å². The summed E-state index contributed by atoms with van der Waals surface area (Å²) in [5.41, 5.74) is 8.06. The molecule has 0 aliphatic heterocycles. The molecule has 15 heavy (non-hydrogen) atoms. The zero-order chi connectivity index (χ0) is 10.8. The smallest absolute Gasteiger partial charge is 0.0939 e. The highest BCUT2D eigenvalue weighted by atomic mass is 35.5. The van der Waals surface area contributed by atoms with Gasteiger partial charge >= 0.3 is 0 Å². The van der Waals surface area contributed by atoms with E-state index < -0.39 is 0 Å². The van der Waals surface area contributed by atoms with Crippen LogP contribution in [0.4, 0.5) is 5.00 Å². The lowest BCUT2D eigenvalue weighted by Gasteiger charge is -2.01. The predicted molar refractivity (Wildman–Crippen MR) is 68.6 cm³/mol. The van der Waals surface area contributed by atoms with Crippen molar-refractivity contribution >= 4 is 27.9 Å². The zero-order valence-corrected chi connectivity index (χ0v) is 10.0. The van der Waals surface area contributed by atoms with Gasteiger partial charge in [0.1, 0.15) is 0 Å². The summed E-state index contributed by atoms with van der Waals surface area (Å²) in [6, 6.07) is 9.92. The third-order valence-corrected chi connectivity index (χ3v) is 3.76. The summed E-state index contributed by atoms with van der Waals surface area (Å²) in [7, 11) is 0. The van der Waals surface area contributed by atoms with Crippen molar-refractivity contribution in [2.24, 2.45) is 0 Å². The molecule has 0 unspecified atom stereocenters. The van der Waals surface area contributed by atoms with Gasteiger partial charge in [-0.05, 0) is 18.6 Å². The summed E-state index contributed by atoms with van der Waals surface area (Å²) in [6.07, 6.45) is 1.01. The fraction of sp³-hybridized carbons (Fsp3) is 0.167.